The van der Waals surface area contributed by atoms with Crippen molar-refractivity contribution in [1.29, 1.82) is 0 Å². The van der Waals surface area contributed by atoms with E-state index in [2.05, 4.69) is 4.99 Å². The third-order valence-electron chi connectivity index (χ3n) is 1.79. The summed E-state index contributed by atoms with van der Waals surface area (Å²) in [7, 11) is -1.82. The molecule has 1 aliphatic heterocycles. The van der Waals surface area contributed by atoms with Crippen molar-refractivity contribution in [2.45, 2.75) is 13.3 Å². The number of methoxy groups -OCH3 is 1. The molecule has 0 aromatic rings. The highest BCUT2D eigenvalue weighted by molar-refractivity contribution is 7.89. The summed E-state index contributed by atoms with van der Waals surface area (Å²) >= 11 is 0. The molecule has 1 rings (SSSR count). The Morgan fingerprint density at radius 2 is 2.36 bits per heavy atom. The van der Waals surface area contributed by atoms with E-state index in [9.17, 15) is 8.42 Å². The zero-order chi connectivity index (χ0) is 10.6. The Morgan fingerprint density at radius 1 is 1.64 bits per heavy atom. The number of aliphatic imine (C=N–C) groups is 1. The highest BCUT2D eigenvalue weighted by Crippen LogP contribution is 2.14. The minimum atomic E-state index is -3.27. The van der Waals surface area contributed by atoms with Crippen molar-refractivity contribution in [3.8, 4) is 0 Å². The predicted molar refractivity (Wildman–Crippen MR) is 54.4 cm³/mol. The maximum Gasteiger partial charge on any atom is 0.239 e. The lowest BCUT2D eigenvalue weighted by Gasteiger charge is -2.24. The Bertz CT molecular complexity index is 346. The molecule has 0 aliphatic carbocycles. The van der Waals surface area contributed by atoms with Crippen LogP contribution in [-0.4, -0.2) is 38.5 Å². The zero-order valence-electron chi connectivity index (χ0n) is 8.30. The van der Waals surface area contributed by atoms with Crippen LogP contribution in [0.3, 0.4) is 0 Å². The van der Waals surface area contributed by atoms with Gasteiger partial charge in [-0.2, -0.15) is 0 Å². The lowest BCUT2D eigenvalue weighted by atomic mass is 10.5. The van der Waals surface area contributed by atoms with Gasteiger partial charge < -0.3 is 4.74 Å². The lowest BCUT2D eigenvalue weighted by molar-refractivity contribution is 0.209. The molecule has 0 unspecified atom stereocenters. The zero-order valence-corrected chi connectivity index (χ0v) is 9.12. The number of ether oxygens (including phenoxy) is 1. The minimum absolute atomic E-state index is 0.113. The molecule has 0 atom stereocenters. The molecular weight excluding hydrogens is 204 g/mol. The fourth-order valence-corrected chi connectivity index (χ4v) is 2.54. The van der Waals surface area contributed by atoms with Gasteiger partial charge in [0.1, 0.15) is 6.67 Å². The Hall–Kier alpha value is -1.04. The van der Waals surface area contributed by atoms with Crippen molar-refractivity contribution in [3.63, 3.8) is 0 Å². The predicted octanol–water partition coefficient (Wildman–Crippen LogP) is 0.558. The van der Waals surface area contributed by atoms with Crippen molar-refractivity contribution >= 4 is 16.2 Å². The molecule has 0 saturated carbocycles. The summed E-state index contributed by atoms with van der Waals surface area (Å²) in [5.74, 6) is 0.442. The van der Waals surface area contributed by atoms with Gasteiger partial charge in [0.25, 0.3) is 0 Å². The van der Waals surface area contributed by atoms with Gasteiger partial charge in [-0.1, -0.05) is 6.92 Å². The van der Waals surface area contributed by atoms with Crippen LogP contribution in [0.4, 0.5) is 0 Å². The average Bonchev–Trinajstić information content (AvgIpc) is 2.18. The molecule has 0 spiro atoms. The third-order valence-corrected chi connectivity index (χ3v) is 3.68. The smallest absolute Gasteiger partial charge is 0.239 e. The van der Waals surface area contributed by atoms with Crippen LogP contribution >= 0.6 is 0 Å². The molecule has 6 heteroatoms. The SMILES string of the molecule is CCCS(=O)(=O)N1CN=CC=C1OC. The molecule has 0 fully saturated rings. The van der Waals surface area contributed by atoms with Crippen LogP contribution in [0.1, 0.15) is 13.3 Å². The molecule has 0 radical (unpaired) electrons. The van der Waals surface area contributed by atoms with Gasteiger partial charge in [0.2, 0.25) is 15.9 Å². The van der Waals surface area contributed by atoms with Crippen molar-refractivity contribution in [3.05, 3.63) is 12.0 Å². The van der Waals surface area contributed by atoms with E-state index in [1.54, 1.807) is 0 Å². The second-order valence-electron chi connectivity index (χ2n) is 2.85. The summed E-state index contributed by atoms with van der Waals surface area (Å²) in [6.45, 7) is 1.93. The van der Waals surface area contributed by atoms with E-state index < -0.39 is 10.0 Å². The molecule has 80 valence electrons. The van der Waals surface area contributed by atoms with Gasteiger partial charge in [-0.15, -0.1) is 0 Å². The van der Waals surface area contributed by atoms with Crippen molar-refractivity contribution < 1.29 is 13.2 Å². The molecule has 0 saturated heterocycles. The molecule has 14 heavy (non-hydrogen) atoms. The lowest BCUT2D eigenvalue weighted by Crippen LogP contribution is -2.34. The molecule has 1 heterocycles. The normalized spacial score (nSPS) is 16.7. The Labute approximate surface area is 84.1 Å². The molecular formula is C8H14N2O3S. The van der Waals surface area contributed by atoms with E-state index in [1.807, 2.05) is 6.92 Å². The molecule has 0 N–H and O–H groups in total. The standard InChI is InChI=1S/C8H14N2O3S/c1-3-6-14(11,12)10-7-9-5-4-8(10)13-2/h4-5H,3,6-7H2,1-2H3. The van der Waals surface area contributed by atoms with Crippen molar-refractivity contribution in [2.75, 3.05) is 19.5 Å². The quantitative estimate of drug-likeness (QED) is 0.692. The molecule has 0 bridgehead atoms. The first-order valence-corrected chi connectivity index (χ1v) is 5.97. The van der Waals surface area contributed by atoms with Gasteiger partial charge in [-0.05, 0) is 6.42 Å². The van der Waals surface area contributed by atoms with Crippen LogP contribution in [0.5, 0.6) is 0 Å². The van der Waals surface area contributed by atoms with Crippen molar-refractivity contribution in [1.82, 2.24) is 4.31 Å². The number of allylic oxidation sites excluding steroid dienone is 1. The van der Waals surface area contributed by atoms with Gasteiger partial charge in [0, 0.05) is 12.3 Å². The van der Waals surface area contributed by atoms with E-state index in [1.165, 1.54) is 23.7 Å². The second-order valence-corrected chi connectivity index (χ2v) is 4.86. The summed E-state index contributed by atoms with van der Waals surface area (Å²) < 4.78 is 29.5. The van der Waals surface area contributed by atoms with Crippen LogP contribution in [0, 0.1) is 0 Å². The minimum Gasteiger partial charge on any atom is -0.482 e. The summed E-state index contributed by atoms with van der Waals surface area (Å²) in [4.78, 5) is 3.87. The van der Waals surface area contributed by atoms with Gasteiger partial charge in [0.15, 0.2) is 0 Å². The summed E-state index contributed by atoms with van der Waals surface area (Å²) in [6.07, 6.45) is 3.66. The monoisotopic (exact) mass is 218 g/mol. The van der Waals surface area contributed by atoms with Crippen LogP contribution in [-0.2, 0) is 14.8 Å². The third kappa shape index (κ3) is 2.25. The van der Waals surface area contributed by atoms with Crippen molar-refractivity contribution in [2.24, 2.45) is 4.99 Å². The van der Waals surface area contributed by atoms with Gasteiger partial charge in [-0.3, -0.25) is 4.99 Å². The summed E-state index contributed by atoms with van der Waals surface area (Å²) in [5.41, 5.74) is 0. The van der Waals surface area contributed by atoms with Crippen LogP contribution < -0.4 is 0 Å². The number of nitrogens with zero attached hydrogens (tertiary/aromatic N) is 2. The molecule has 5 nitrogen and oxygen atoms in total. The summed E-state index contributed by atoms with van der Waals surface area (Å²) in [6, 6.07) is 0. The van der Waals surface area contributed by atoms with E-state index in [-0.39, 0.29) is 12.4 Å². The molecule has 0 aromatic carbocycles. The number of rotatable bonds is 4. The first kappa shape index (κ1) is 11.0. The Balaban J connectivity index is 2.88. The number of hydrogen-bond acceptors (Lipinski definition) is 4. The molecule has 0 aromatic heterocycles. The Morgan fingerprint density at radius 3 is 2.93 bits per heavy atom. The van der Waals surface area contributed by atoms with E-state index in [0.29, 0.717) is 12.3 Å². The number of sulfonamides is 1. The second kappa shape index (κ2) is 4.45. The van der Waals surface area contributed by atoms with E-state index in [0.717, 1.165) is 0 Å². The molecule has 0 amide bonds. The fourth-order valence-electron chi connectivity index (χ4n) is 1.15. The maximum atomic E-state index is 11.7. The van der Waals surface area contributed by atoms with Gasteiger partial charge in [0.05, 0.1) is 12.9 Å². The fraction of sp³-hybridized carbons (Fsp3) is 0.625. The summed E-state index contributed by atoms with van der Waals surface area (Å²) in [5, 5.41) is 0. The number of hydrogen-bond donors (Lipinski definition) is 0. The van der Waals surface area contributed by atoms with Gasteiger partial charge >= 0.3 is 0 Å². The van der Waals surface area contributed by atoms with Crippen LogP contribution in [0.2, 0.25) is 0 Å². The largest absolute Gasteiger partial charge is 0.482 e. The van der Waals surface area contributed by atoms with Crippen LogP contribution in [0.25, 0.3) is 0 Å². The first-order valence-electron chi connectivity index (χ1n) is 4.36. The van der Waals surface area contributed by atoms with E-state index in [4.69, 9.17) is 4.74 Å². The van der Waals surface area contributed by atoms with Gasteiger partial charge in [-0.25, -0.2) is 12.7 Å². The Kier molecular flexibility index (Phi) is 3.51. The van der Waals surface area contributed by atoms with E-state index >= 15 is 0 Å². The van der Waals surface area contributed by atoms with Crippen LogP contribution in [0.15, 0.2) is 17.0 Å². The molecule has 1 aliphatic rings. The topological polar surface area (TPSA) is 59.0 Å². The maximum absolute atomic E-state index is 11.7. The average molecular weight is 218 g/mol. The highest BCUT2D eigenvalue weighted by Gasteiger charge is 2.24. The highest BCUT2D eigenvalue weighted by atomic mass is 32.2. The first-order chi connectivity index (χ1) is 6.61.